The number of aliphatic hydroxyl groups excluding tert-OH is 1. The van der Waals surface area contributed by atoms with E-state index in [2.05, 4.69) is 86.8 Å². The third kappa shape index (κ3) is 41.1. The van der Waals surface area contributed by atoms with Gasteiger partial charge in [-0.05, 0) is 89.9 Å². The first-order valence-electron chi connectivity index (χ1n) is 21.8. The van der Waals surface area contributed by atoms with Crippen LogP contribution in [0.2, 0.25) is 0 Å². The van der Waals surface area contributed by atoms with Crippen molar-refractivity contribution >= 4 is 19.8 Å². The lowest BCUT2D eigenvalue weighted by Crippen LogP contribution is -2.29. The van der Waals surface area contributed by atoms with Gasteiger partial charge in [0.2, 0.25) is 0 Å². The highest BCUT2D eigenvalue weighted by atomic mass is 31.2. The summed E-state index contributed by atoms with van der Waals surface area (Å²) in [5.41, 5.74) is 5.34. The molecule has 0 radical (unpaired) electrons. The van der Waals surface area contributed by atoms with Gasteiger partial charge in [0.25, 0.3) is 0 Å². The number of ether oxygens (including phenoxy) is 2. The van der Waals surface area contributed by atoms with Gasteiger partial charge in [-0.2, -0.15) is 0 Å². The SMILES string of the molecule is CCCCC/C=C\C/C=C\C/C=C\C/C=C\CCCCCC(=O)O[C@H](COC(=O)CCC/C=C\C/C=C\C/C=C\C/C=C\[C@@H](O)CCCC)COP(=O)(O)OCCN. The van der Waals surface area contributed by atoms with Gasteiger partial charge in [0.1, 0.15) is 6.61 Å². The van der Waals surface area contributed by atoms with Crippen LogP contribution in [0.15, 0.2) is 97.2 Å². The molecule has 0 aromatic heterocycles. The summed E-state index contributed by atoms with van der Waals surface area (Å²) in [6, 6.07) is 0. The van der Waals surface area contributed by atoms with Crippen LogP contribution in [0.5, 0.6) is 0 Å². The third-order valence-corrected chi connectivity index (χ3v) is 9.50. The lowest BCUT2D eigenvalue weighted by molar-refractivity contribution is -0.161. The first kappa shape index (κ1) is 54.9. The van der Waals surface area contributed by atoms with Gasteiger partial charge in [0.05, 0.1) is 19.3 Å². The fourth-order valence-electron chi connectivity index (χ4n) is 5.22. The van der Waals surface area contributed by atoms with E-state index >= 15 is 0 Å². The molecule has 0 aliphatic carbocycles. The molecule has 330 valence electrons. The van der Waals surface area contributed by atoms with Crippen LogP contribution in [0.3, 0.4) is 0 Å². The third-order valence-electron chi connectivity index (χ3n) is 8.51. The normalized spacial score (nSPS) is 14.8. The van der Waals surface area contributed by atoms with E-state index in [1.165, 1.54) is 25.7 Å². The minimum Gasteiger partial charge on any atom is -0.462 e. The van der Waals surface area contributed by atoms with Crippen LogP contribution in [-0.4, -0.2) is 60.5 Å². The average Bonchev–Trinajstić information content (AvgIpc) is 3.21. The minimum atomic E-state index is -4.41. The van der Waals surface area contributed by atoms with Gasteiger partial charge in [-0.15, -0.1) is 0 Å². The number of unbranched alkanes of at least 4 members (excludes halogenated alkanes) is 8. The smallest absolute Gasteiger partial charge is 0.462 e. The summed E-state index contributed by atoms with van der Waals surface area (Å²) in [5, 5.41) is 9.81. The molecule has 11 heteroatoms. The average molecular weight is 832 g/mol. The second kappa shape index (κ2) is 42.0. The minimum absolute atomic E-state index is 0.0287. The van der Waals surface area contributed by atoms with Crippen LogP contribution in [0.1, 0.15) is 149 Å². The van der Waals surface area contributed by atoms with E-state index < -0.39 is 32.5 Å². The monoisotopic (exact) mass is 832 g/mol. The maximum atomic E-state index is 12.6. The van der Waals surface area contributed by atoms with Crippen molar-refractivity contribution in [3.8, 4) is 0 Å². The highest BCUT2D eigenvalue weighted by Crippen LogP contribution is 2.43. The number of rotatable bonds is 39. The number of allylic oxidation sites excluding steroid dienone is 15. The highest BCUT2D eigenvalue weighted by molar-refractivity contribution is 7.47. The molecule has 0 aromatic rings. The van der Waals surface area contributed by atoms with Crippen molar-refractivity contribution in [1.82, 2.24) is 0 Å². The van der Waals surface area contributed by atoms with Crippen LogP contribution in [0.25, 0.3) is 0 Å². The van der Waals surface area contributed by atoms with Gasteiger partial charge in [-0.3, -0.25) is 18.6 Å². The summed E-state index contributed by atoms with van der Waals surface area (Å²) in [7, 11) is -4.41. The number of carbonyl (C=O) groups excluding carboxylic acids is 2. The van der Waals surface area contributed by atoms with Gasteiger partial charge < -0.3 is 25.2 Å². The molecular formula is C47H78NO9P. The quantitative estimate of drug-likeness (QED) is 0.0236. The number of hydrogen-bond acceptors (Lipinski definition) is 9. The Morgan fingerprint density at radius 1 is 0.586 bits per heavy atom. The Morgan fingerprint density at radius 3 is 1.60 bits per heavy atom. The van der Waals surface area contributed by atoms with E-state index in [-0.39, 0.29) is 38.7 Å². The number of esters is 2. The van der Waals surface area contributed by atoms with Crippen molar-refractivity contribution in [2.75, 3.05) is 26.4 Å². The molecule has 0 bridgehead atoms. The van der Waals surface area contributed by atoms with E-state index in [1.54, 1.807) is 0 Å². The molecule has 4 N–H and O–H groups in total. The second-order valence-electron chi connectivity index (χ2n) is 14.0. The molecule has 10 nitrogen and oxygen atoms in total. The van der Waals surface area contributed by atoms with E-state index in [4.69, 9.17) is 24.3 Å². The van der Waals surface area contributed by atoms with Crippen molar-refractivity contribution in [2.45, 2.75) is 161 Å². The topological polar surface area (TPSA) is 155 Å². The van der Waals surface area contributed by atoms with Gasteiger partial charge in [-0.1, -0.05) is 143 Å². The second-order valence-corrected chi connectivity index (χ2v) is 15.5. The maximum Gasteiger partial charge on any atom is 0.472 e. The Balaban J connectivity index is 4.37. The molecule has 0 saturated heterocycles. The molecule has 0 aromatic carbocycles. The number of phosphoric acid groups is 1. The van der Waals surface area contributed by atoms with Crippen LogP contribution >= 0.6 is 7.82 Å². The Bertz CT molecular complexity index is 1280. The van der Waals surface area contributed by atoms with Gasteiger partial charge >= 0.3 is 19.8 Å². The van der Waals surface area contributed by atoms with Crippen molar-refractivity contribution in [2.24, 2.45) is 5.73 Å². The Morgan fingerprint density at radius 2 is 1.07 bits per heavy atom. The zero-order valence-electron chi connectivity index (χ0n) is 35.8. The maximum absolute atomic E-state index is 12.6. The van der Waals surface area contributed by atoms with Gasteiger partial charge in [0.15, 0.2) is 6.10 Å². The zero-order chi connectivity index (χ0) is 42.6. The Kier molecular flexibility index (Phi) is 39.8. The predicted octanol–water partition coefficient (Wildman–Crippen LogP) is 11.6. The summed E-state index contributed by atoms with van der Waals surface area (Å²) < 4.78 is 32.7. The Labute approximate surface area is 351 Å². The molecule has 0 heterocycles. The van der Waals surface area contributed by atoms with Crippen molar-refractivity contribution in [3.05, 3.63) is 97.2 Å². The van der Waals surface area contributed by atoms with Gasteiger partial charge in [0, 0.05) is 19.4 Å². The van der Waals surface area contributed by atoms with E-state index in [0.29, 0.717) is 19.3 Å². The van der Waals surface area contributed by atoms with Crippen molar-refractivity contribution in [3.63, 3.8) is 0 Å². The van der Waals surface area contributed by atoms with Crippen LogP contribution in [0, 0.1) is 0 Å². The first-order valence-corrected chi connectivity index (χ1v) is 23.3. The number of carbonyl (C=O) groups is 2. The summed E-state index contributed by atoms with van der Waals surface area (Å²) in [6.45, 7) is 3.41. The number of aliphatic hydroxyl groups is 1. The largest absolute Gasteiger partial charge is 0.472 e. The summed E-state index contributed by atoms with van der Waals surface area (Å²) in [4.78, 5) is 34.9. The molecule has 0 spiro atoms. The first-order chi connectivity index (χ1) is 28.2. The number of phosphoric ester groups is 1. The molecule has 58 heavy (non-hydrogen) atoms. The number of hydrogen-bond donors (Lipinski definition) is 3. The molecular weight excluding hydrogens is 753 g/mol. The fraction of sp³-hybridized carbons (Fsp3) is 0.617. The fourth-order valence-corrected chi connectivity index (χ4v) is 5.98. The molecule has 0 aliphatic rings. The summed E-state index contributed by atoms with van der Waals surface area (Å²) in [6.07, 6.45) is 50.6. The molecule has 0 saturated carbocycles. The van der Waals surface area contributed by atoms with E-state index in [0.717, 1.165) is 77.0 Å². The molecule has 0 amide bonds. The lowest BCUT2D eigenvalue weighted by atomic mass is 10.1. The van der Waals surface area contributed by atoms with E-state index in [9.17, 15) is 24.2 Å². The number of nitrogens with two attached hydrogens (primary N) is 1. The Hall–Kier alpha value is -3.11. The van der Waals surface area contributed by atoms with Crippen LogP contribution in [0.4, 0.5) is 0 Å². The molecule has 3 atom stereocenters. The summed E-state index contributed by atoms with van der Waals surface area (Å²) in [5.74, 6) is -0.964. The molecule has 0 aliphatic heterocycles. The van der Waals surface area contributed by atoms with Crippen LogP contribution in [-0.2, 0) is 32.7 Å². The van der Waals surface area contributed by atoms with Crippen LogP contribution < -0.4 is 5.73 Å². The standard InChI is InChI=1S/C47H78NO9P/c1-3-5-7-8-9-10-11-12-13-14-15-16-17-18-23-26-29-32-35-39-47(51)57-45(43-56-58(52,53)55-41-40-48)42-54-46(50)38-34-31-28-25-22-20-19-21-24-27-30-33-37-44(49)36-6-4-2/h9-10,12-13,15-16,18-20,23-25,27-28,33,37,44-45,49H,3-8,11,14,17,21-22,26,29-32,34-36,38-43,48H2,1-2H3,(H,52,53)/b10-9-,13-12-,16-15-,20-19-,23-18-,27-24-,28-25-,37-33-/t44-,45+/m0/s1. The summed E-state index contributed by atoms with van der Waals surface area (Å²) >= 11 is 0. The van der Waals surface area contributed by atoms with Crippen molar-refractivity contribution in [1.29, 1.82) is 0 Å². The zero-order valence-corrected chi connectivity index (χ0v) is 36.7. The predicted molar refractivity (Wildman–Crippen MR) is 239 cm³/mol. The lowest BCUT2D eigenvalue weighted by Gasteiger charge is -2.19. The molecule has 1 unspecified atom stereocenters. The van der Waals surface area contributed by atoms with Gasteiger partial charge in [-0.25, -0.2) is 4.57 Å². The van der Waals surface area contributed by atoms with Crippen molar-refractivity contribution < 1.29 is 42.7 Å². The van der Waals surface area contributed by atoms with E-state index in [1.807, 2.05) is 24.3 Å². The molecule has 0 rings (SSSR count). The highest BCUT2D eigenvalue weighted by Gasteiger charge is 2.25. The molecule has 0 fully saturated rings.